The SMILES string of the molecule is Cl.N=C(N)c1ccc2c(c1)CN(CC(=O)c1ccc(OCC(=O)O)cc1)C2=O. The van der Waals surface area contributed by atoms with Crippen molar-refractivity contribution in [1.29, 1.82) is 5.41 Å². The monoisotopic (exact) mass is 403 g/mol. The van der Waals surface area contributed by atoms with E-state index in [9.17, 15) is 14.4 Å². The topological polar surface area (TPSA) is 134 Å². The number of carboxylic acid groups (broad SMARTS) is 1. The molecule has 4 N–H and O–H groups in total. The molecule has 0 fully saturated rings. The van der Waals surface area contributed by atoms with Crippen molar-refractivity contribution < 1.29 is 24.2 Å². The van der Waals surface area contributed by atoms with Gasteiger partial charge in [0.25, 0.3) is 5.91 Å². The number of carboxylic acids is 1. The minimum atomic E-state index is -1.09. The summed E-state index contributed by atoms with van der Waals surface area (Å²) in [7, 11) is 0. The van der Waals surface area contributed by atoms with Crippen molar-refractivity contribution in [3.8, 4) is 5.75 Å². The molecule has 9 heteroatoms. The van der Waals surface area contributed by atoms with Crippen LogP contribution in [0.25, 0.3) is 0 Å². The number of halogens is 1. The lowest BCUT2D eigenvalue weighted by Crippen LogP contribution is -2.30. The van der Waals surface area contributed by atoms with Gasteiger partial charge in [-0.1, -0.05) is 6.07 Å². The zero-order chi connectivity index (χ0) is 19.6. The third-order valence-electron chi connectivity index (χ3n) is 4.17. The van der Waals surface area contributed by atoms with Gasteiger partial charge < -0.3 is 20.5 Å². The molecule has 1 amide bonds. The molecule has 0 saturated carbocycles. The van der Waals surface area contributed by atoms with Gasteiger partial charge >= 0.3 is 5.97 Å². The van der Waals surface area contributed by atoms with Gasteiger partial charge in [-0.05, 0) is 42.0 Å². The van der Waals surface area contributed by atoms with E-state index in [-0.39, 0.29) is 43.0 Å². The first-order valence-corrected chi connectivity index (χ1v) is 8.09. The molecule has 0 bridgehead atoms. The van der Waals surface area contributed by atoms with Gasteiger partial charge in [-0.25, -0.2) is 4.79 Å². The Balaban J connectivity index is 0.00000280. The smallest absolute Gasteiger partial charge is 0.341 e. The van der Waals surface area contributed by atoms with Crippen molar-refractivity contribution in [3.05, 3.63) is 64.7 Å². The van der Waals surface area contributed by atoms with Crippen molar-refractivity contribution in [1.82, 2.24) is 4.90 Å². The highest BCUT2D eigenvalue weighted by Gasteiger charge is 2.29. The van der Waals surface area contributed by atoms with E-state index >= 15 is 0 Å². The number of carbonyl (C=O) groups excluding carboxylic acids is 2. The van der Waals surface area contributed by atoms with Gasteiger partial charge in [-0.3, -0.25) is 15.0 Å². The first-order valence-electron chi connectivity index (χ1n) is 8.09. The van der Waals surface area contributed by atoms with Crippen LogP contribution in [0.15, 0.2) is 42.5 Å². The molecule has 0 unspecified atom stereocenters. The molecule has 0 spiro atoms. The van der Waals surface area contributed by atoms with Crippen LogP contribution < -0.4 is 10.5 Å². The van der Waals surface area contributed by atoms with E-state index in [2.05, 4.69) is 0 Å². The normalized spacial score (nSPS) is 12.1. The molecule has 0 radical (unpaired) electrons. The van der Waals surface area contributed by atoms with Crippen LogP contribution in [-0.4, -0.2) is 46.7 Å². The van der Waals surface area contributed by atoms with Crippen molar-refractivity contribution >= 4 is 35.9 Å². The van der Waals surface area contributed by atoms with E-state index in [0.717, 1.165) is 5.56 Å². The molecule has 8 nitrogen and oxygen atoms in total. The number of Topliss-reactive ketones (excluding diaryl/α,β-unsaturated/α-hetero) is 1. The maximum atomic E-state index is 12.5. The zero-order valence-corrected chi connectivity index (χ0v) is 15.5. The number of benzene rings is 2. The van der Waals surface area contributed by atoms with E-state index in [1.165, 1.54) is 29.2 Å². The predicted molar refractivity (Wildman–Crippen MR) is 103 cm³/mol. The Morgan fingerprint density at radius 3 is 2.39 bits per heavy atom. The molecule has 0 aromatic heterocycles. The molecular weight excluding hydrogens is 386 g/mol. The standard InChI is InChI=1S/C19H17N3O5.ClH/c20-18(21)12-3-6-15-13(7-12)8-22(19(15)26)9-16(23)11-1-4-14(5-2-11)27-10-17(24)25;/h1-7H,8-10H2,(H3,20,21)(H,24,25);1H. The molecule has 146 valence electrons. The summed E-state index contributed by atoms with van der Waals surface area (Å²) in [5, 5.41) is 16.1. The molecule has 3 rings (SSSR count). The number of carbonyl (C=O) groups is 3. The number of nitrogens with two attached hydrogens (primary N) is 1. The zero-order valence-electron chi connectivity index (χ0n) is 14.7. The van der Waals surface area contributed by atoms with E-state index in [0.29, 0.717) is 22.4 Å². The maximum Gasteiger partial charge on any atom is 0.341 e. The lowest BCUT2D eigenvalue weighted by Gasteiger charge is -2.14. The number of aliphatic carboxylic acids is 1. The van der Waals surface area contributed by atoms with Gasteiger partial charge in [0.05, 0.1) is 6.54 Å². The van der Waals surface area contributed by atoms with E-state index in [1.54, 1.807) is 18.2 Å². The summed E-state index contributed by atoms with van der Waals surface area (Å²) in [6.45, 7) is -0.269. The van der Waals surface area contributed by atoms with E-state index in [1.807, 2.05) is 0 Å². The van der Waals surface area contributed by atoms with Crippen LogP contribution in [0.3, 0.4) is 0 Å². The minimum absolute atomic E-state index is 0. The fraction of sp³-hybridized carbons (Fsp3) is 0.158. The summed E-state index contributed by atoms with van der Waals surface area (Å²) in [5.41, 5.74) is 7.64. The number of rotatable bonds is 7. The summed E-state index contributed by atoms with van der Waals surface area (Å²) >= 11 is 0. The molecular formula is C19H18ClN3O5. The van der Waals surface area contributed by atoms with Crippen LogP contribution >= 0.6 is 12.4 Å². The Morgan fingerprint density at radius 1 is 1.14 bits per heavy atom. The van der Waals surface area contributed by atoms with E-state index < -0.39 is 12.6 Å². The van der Waals surface area contributed by atoms with Crippen molar-refractivity contribution in [2.75, 3.05) is 13.2 Å². The number of nitrogens with one attached hydrogen (secondary N) is 1. The Bertz CT molecular complexity index is 943. The number of amides is 1. The first kappa shape index (κ1) is 20.9. The van der Waals surface area contributed by atoms with Gasteiger partial charge in [-0.15, -0.1) is 12.4 Å². The largest absolute Gasteiger partial charge is 0.482 e. The summed E-state index contributed by atoms with van der Waals surface area (Å²) in [4.78, 5) is 36.9. The molecule has 1 aliphatic rings. The number of nitrogens with zero attached hydrogens (tertiary/aromatic N) is 1. The van der Waals surface area contributed by atoms with Gasteiger partial charge in [0.2, 0.25) is 0 Å². The van der Waals surface area contributed by atoms with Gasteiger partial charge in [0.1, 0.15) is 11.6 Å². The summed E-state index contributed by atoms with van der Waals surface area (Å²) in [5.74, 6) is -1.31. The van der Waals surface area contributed by atoms with E-state index in [4.69, 9.17) is 21.0 Å². The molecule has 28 heavy (non-hydrogen) atoms. The summed E-state index contributed by atoms with van der Waals surface area (Å²) < 4.78 is 5.02. The van der Waals surface area contributed by atoms with Crippen molar-refractivity contribution in [2.45, 2.75) is 6.54 Å². The molecule has 0 aliphatic carbocycles. The number of ketones is 1. The lowest BCUT2D eigenvalue weighted by atomic mass is 10.1. The maximum absolute atomic E-state index is 12.5. The van der Waals surface area contributed by atoms with Gasteiger partial charge in [-0.2, -0.15) is 0 Å². The highest BCUT2D eigenvalue weighted by molar-refractivity contribution is 6.05. The lowest BCUT2D eigenvalue weighted by molar-refractivity contribution is -0.139. The Hall–Kier alpha value is -3.39. The number of ether oxygens (including phenoxy) is 1. The Kier molecular flexibility index (Phi) is 6.37. The second-order valence-corrected chi connectivity index (χ2v) is 6.08. The third-order valence-corrected chi connectivity index (χ3v) is 4.17. The van der Waals surface area contributed by atoms with Crippen LogP contribution in [0.1, 0.15) is 31.8 Å². The summed E-state index contributed by atoms with van der Waals surface area (Å²) in [6.07, 6.45) is 0. The molecule has 1 heterocycles. The van der Waals surface area contributed by atoms with Crippen LogP contribution in [0, 0.1) is 5.41 Å². The number of nitrogen functional groups attached to an aromatic ring is 1. The van der Waals surface area contributed by atoms with Crippen molar-refractivity contribution in [3.63, 3.8) is 0 Å². The van der Waals surface area contributed by atoms with Crippen molar-refractivity contribution in [2.24, 2.45) is 5.73 Å². The van der Waals surface area contributed by atoms with Crippen LogP contribution in [-0.2, 0) is 11.3 Å². The number of hydrogen-bond donors (Lipinski definition) is 3. The second kappa shape index (κ2) is 8.53. The van der Waals surface area contributed by atoms with Crippen LogP contribution in [0.4, 0.5) is 0 Å². The third kappa shape index (κ3) is 4.47. The minimum Gasteiger partial charge on any atom is -0.482 e. The fourth-order valence-electron chi connectivity index (χ4n) is 2.82. The number of amidine groups is 1. The Morgan fingerprint density at radius 2 is 1.79 bits per heavy atom. The van der Waals surface area contributed by atoms with Crippen LogP contribution in [0.2, 0.25) is 0 Å². The quantitative estimate of drug-likeness (QED) is 0.366. The molecule has 0 atom stereocenters. The molecule has 2 aromatic rings. The van der Waals surface area contributed by atoms with Gasteiger partial charge in [0, 0.05) is 23.2 Å². The van der Waals surface area contributed by atoms with Crippen LogP contribution in [0.5, 0.6) is 5.75 Å². The summed E-state index contributed by atoms with van der Waals surface area (Å²) in [6, 6.07) is 11.0. The number of hydrogen-bond acceptors (Lipinski definition) is 5. The number of fused-ring (bicyclic) bond motifs is 1. The second-order valence-electron chi connectivity index (χ2n) is 6.08. The first-order chi connectivity index (χ1) is 12.8. The predicted octanol–water partition coefficient (Wildman–Crippen LogP) is 1.69. The highest BCUT2D eigenvalue weighted by atomic mass is 35.5. The molecule has 2 aromatic carbocycles. The van der Waals surface area contributed by atoms with Gasteiger partial charge in [0.15, 0.2) is 12.4 Å². The highest BCUT2D eigenvalue weighted by Crippen LogP contribution is 2.24. The molecule has 0 saturated heterocycles. The average Bonchev–Trinajstić information content (AvgIpc) is 2.95. The average molecular weight is 404 g/mol. The Labute approximate surface area is 166 Å². The molecule has 1 aliphatic heterocycles. The fourth-order valence-corrected chi connectivity index (χ4v) is 2.82.